The molecule has 0 saturated heterocycles. The zero-order valence-corrected chi connectivity index (χ0v) is 11.4. The van der Waals surface area contributed by atoms with Gasteiger partial charge in [-0.15, -0.1) is 0 Å². The molecule has 0 aliphatic carbocycles. The minimum Gasteiger partial charge on any atom is -0.312 e. The summed E-state index contributed by atoms with van der Waals surface area (Å²) < 4.78 is 0. The van der Waals surface area contributed by atoms with Crippen molar-refractivity contribution >= 4 is 0 Å². The largest absolute Gasteiger partial charge is 0.312 e. The molecule has 1 atom stereocenters. The van der Waals surface area contributed by atoms with Gasteiger partial charge < -0.3 is 10.2 Å². The molecular formula is C15H26N2. The minimum atomic E-state index is 0.439. The first-order valence-electron chi connectivity index (χ1n) is 6.76. The monoisotopic (exact) mass is 234 g/mol. The summed E-state index contributed by atoms with van der Waals surface area (Å²) in [5.74, 6) is 0. The van der Waals surface area contributed by atoms with Crippen molar-refractivity contribution in [3.05, 3.63) is 35.9 Å². The average Bonchev–Trinajstić information content (AvgIpc) is 2.37. The third-order valence-corrected chi connectivity index (χ3v) is 3.07. The molecule has 0 aromatic heterocycles. The molecule has 2 heteroatoms. The number of nitrogens with zero attached hydrogens (tertiary/aromatic N) is 1. The molecule has 1 aromatic rings. The smallest absolute Gasteiger partial charge is 0.0446 e. The highest BCUT2D eigenvalue weighted by Gasteiger charge is 2.12. The highest BCUT2D eigenvalue weighted by Crippen LogP contribution is 2.14. The van der Waals surface area contributed by atoms with Gasteiger partial charge in [0.1, 0.15) is 0 Å². The van der Waals surface area contributed by atoms with Crippen LogP contribution in [0.5, 0.6) is 0 Å². The Morgan fingerprint density at radius 2 is 1.65 bits per heavy atom. The van der Waals surface area contributed by atoms with Gasteiger partial charge in [0.25, 0.3) is 0 Å². The lowest BCUT2D eigenvalue weighted by atomic mass is 10.1. The van der Waals surface area contributed by atoms with E-state index in [1.807, 2.05) is 7.05 Å². The van der Waals surface area contributed by atoms with E-state index in [0.29, 0.717) is 6.04 Å². The minimum absolute atomic E-state index is 0.439. The van der Waals surface area contributed by atoms with Crippen molar-refractivity contribution < 1.29 is 0 Å². The maximum Gasteiger partial charge on any atom is 0.0446 e. The second-order valence-electron chi connectivity index (χ2n) is 4.55. The molecule has 1 aromatic carbocycles. The number of benzene rings is 1. The van der Waals surface area contributed by atoms with Gasteiger partial charge in [-0.2, -0.15) is 0 Å². The maximum atomic E-state index is 3.42. The van der Waals surface area contributed by atoms with E-state index >= 15 is 0 Å². The number of likely N-dealkylation sites (N-methyl/N-ethyl adjacent to an activating group) is 1. The predicted octanol–water partition coefficient (Wildman–Crippen LogP) is 3.07. The van der Waals surface area contributed by atoms with Gasteiger partial charge in [0.15, 0.2) is 0 Å². The lowest BCUT2D eigenvalue weighted by Crippen LogP contribution is -2.34. The van der Waals surface area contributed by atoms with Crippen molar-refractivity contribution in [3.63, 3.8) is 0 Å². The first kappa shape index (κ1) is 14.2. The summed E-state index contributed by atoms with van der Waals surface area (Å²) in [6, 6.07) is 11.2. The van der Waals surface area contributed by atoms with Gasteiger partial charge in [0.05, 0.1) is 0 Å². The first-order chi connectivity index (χ1) is 8.31. The number of hydrogen-bond donors (Lipinski definition) is 1. The van der Waals surface area contributed by atoms with Crippen LogP contribution in [0.3, 0.4) is 0 Å². The molecule has 1 N–H and O–H groups in total. The van der Waals surface area contributed by atoms with Crippen molar-refractivity contribution in [2.24, 2.45) is 0 Å². The average molecular weight is 234 g/mol. The van der Waals surface area contributed by atoms with Crippen LogP contribution in [0.2, 0.25) is 0 Å². The molecule has 0 spiro atoms. The van der Waals surface area contributed by atoms with Crippen molar-refractivity contribution in [2.45, 2.75) is 32.7 Å². The van der Waals surface area contributed by atoms with Gasteiger partial charge in [-0.1, -0.05) is 44.2 Å². The summed E-state index contributed by atoms with van der Waals surface area (Å²) >= 11 is 0. The molecule has 2 nitrogen and oxygen atoms in total. The van der Waals surface area contributed by atoms with Gasteiger partial charge in [-0.05, 0) is 38.5 Å². The van der Waals surface area contributed by atoms with Crippen molar-refractivity contribution in [1.82, 2.24) is 10.2 Å². The Bertz CT molecular complexity index is 278. The standard InChI is InChI=1S/C15H26N2/c1-4-11-17(12-5-2)13-15(16-3)14-9-7-6-8-10-14/h6-10,15-16H,4-5,11-13H2,1-3H3. The summed E-state index contributed by atoms with van der Waals surface area (Å²) in [7, 11) is 2.05. The van der Waals surface area contributed by atoms with Crippen molar-refractivity contribution in [2.75, 3.05) is 26.7 Å². The van der Waals surface area contributed by atoms with E-state index in [0.717, 1.165) is 6.54 Å². The summed E-state index contributed by atoms with van der Waals surface area (Å²) in [4.78, 5) is 2.55. The van der Waals surface area contributed by atoms with Crippen LogP contribution in [0.15, 0.2) is 30.3 Å². The second-order valence-corrected chi connectivity index (χ2v) is 4.55. The Morgan fingerprint density at radius 1 is 1.06 bits per heavy atom. The van der Waals surface area contributed by atoms with E-state index in [1.165, 1.54) is 31.5 Å². The SMILES string of the molecule is CCCN(CCC)CC(NC)c1ccccc1. The van der Waals surface area contributed by atoms with Crippen LogP contribution in [-0.2, 0) is 0 Å². The summed E-state index contributed by atoms with van der Waals surface area (Å²) in [5.41, 5.74) is 1.38. The molecule has 17 heavy (non-hydrogen) atoms. The quantitative estimate of drug-likeness (QED) is 0.743. The Labute approximate surface area is 106 Å². The van der Waals surface area contributed by atoms with Crippen molar-refractivity contribution in [3.8, 4) is 0 Å². The molecule has 0 aliphatic heterocycles. The molecule has 0 amide bonds. The Balaban J connectivity index is 2.61. The van der Waals surface area contributed by atoms with Gasteiger partial charge in [0, 0.05) is 12.6 Å². The lowest BCUT2D eigenvalue weighted by molar-refractivity contribution is 0.247. The Hall–Kier alpha value is -0.860. The Morgan fingerprint density at radius 3 is 2.12 bits per heavy atom. The predicted molar refractivity (Wildman–Crippen MR) is 75.3 cm³/mol. The van der Waals surface area contributed by atoms with Crippen LogP contribution in [0.4, 0.5) is 0 Å². The molecular weight excluding hydrogens is 208 g/mol. The summed E-state index contributed by atoms with van der Waals surface area (Å²) in [6.07, 6.45) is 2.45. The number of nitrogens with one attached hydrogen (secondary N) is 1. The lowest BCUT2D eigenvalue weighted by Gasteiger charge is -2.27. The molecule has 0 bridgehead atoms. The van der Waals surface area contributed by atoms with E-state index in [9.17, 15) is 0 Å². The highest BCUT2D eigenvalue weighted by molar-refractivity contribution is 5.19. The van der Waals surface area contributed by atoms with E-state index in [-0.39, 0.29) is 0 Å². The van der Waals surface area contributed by atoms with E-state index in [2.05, 4.69) is 54.4 Å². The van der Waals surface area contributed by atoms with Gasteiger partial charge in [-0.3, -0.25) is 0 Å². The number of hydrogen-bond acceptors (Lipinski definition) is 2. The van der Waals surface area contributed by atoms with Gasteiger partial charge >= 0.3 is 0 Å². The molecule has 0 saturated carbocycles. The molecule has 1 unspecified atom stereocenters. The third-order valence-electron chi connectivity index (χ3n) is 3.07. The molecule has 0 heterocycles. The fraction of sp³-hybridized carbons (Fsp3) is 0.600. The first-order valence-corrected chi connectivity index (χ1v) is 6.76. The van der Waals surface area contributed by atoms with Crippen LogP contribution in [0, 0.1) is 0 Å². The van der Waals surface area contributed by atoms with Crippen LogP contribution in [0.25, 0.3) is 0 Å². The molecule has 96 valence electrons. The molecule has 0 radical (unpaired) electrons. The normalized spacial score (nSPS) is 12.9. The molecule has 0 fully saturated rings. The zero-order chi connectivity index (χ0) is 12.5. The van der Waals surface area contributed by atoms with Crippen LogP contribution in [-0.4, -0.2) is 31.6 Å². The van der Waals surface area contributed by atoms with Gasteiger partial charge in [-0.25, -0.2) is 0 Å². The highest BCUT2D eigenvalue weighted by atomic mass is 15.1. The zero-order valence-electron chi connectivity index (χ0n) is 11.4. The fourth-order valence-electron chi connectivity index (χ4n) is 2.23. The van der Waals surface area contributed by atoms with Crippen LogP contribution < -0.4 is 5.32 Å². The maximum absolute atomic E-state index is 3.42. The van der Waals surface area contributed by atoms with E-state index < -0.39 is 0 Å². The molecule has 0 aliphatic rings. The summed E-state index contributed by atoms with van der Waals surface area (Å²) in [5, 5.41) is 3.42. The fourth-order valence-corrected chi connectivity index (χ4v) is 2.23. The van der Waals surface area contributed by atoms with Crippen LogP contribution in [0.1, 0.15) is 38.3 Å². The van der Waals surface area contributed by atoms with Gasteiger partial charge in [0.2, 0.25) is 0 Å². The van der Waals surface area contributed by atoms with Crippen LogP contribution >= 0.6 is 0 Å². The van der Waals surface area contributed by atoms with E-state index in [4.69, 9.17) is 0 Å². The number of rotatable bonds is 8. The Kier molecular flexibility index (Phi) is 6.90. The van der Waals surface area contributed by atoms with Crippen molar-refractivity contribution in [1.29, 1.82) is 0 Å². The second kappa shape index (κ2) is 8.26. The third kappa shape index (κ3) is 4.88. The van der Waals surface area contributed by atoms with E-state index in [1.54, 1.807) is 0 Å². The molecule has 1 rings (SSSR count). The summed E-state index contributed by atoms with van der Waals surface area (Å²) in [6.45, 7) is 7.99. The topological polar surface area (TPSA) is 15.3 Å².